The predicted molar refractivity (Wildman–Crippen MR) is 96.3 cm³/mol. The van der Waals surface area contributed by atoms with Gasteiger partial charge in [-0.25, -0.2) is 0 Å². The zero-order valence-corrected chi connectivity index (χ0v) is 15.9. The molecule has 1 unspecified atom stereocenters. The zero-order valence-electron chi connectivity index (χ0n) is 15.9. The van der Waals surface area contributed by atoms with Gasteiger partial charge in [0.2, 0.25) is 5.91 Å². The van der Waals surface area contributed by atoms with Crippen molar-refractivity contribution in [1.29, 1.82) is 0 Å². The number of carbonyl (C=O) groups is 2. The minimum absolute atomic E-state index is 0.0267. The molecule has 1 N–H and O–H groups in total. The second kappa shape index (κ2) is 7.33. The lowest BCUT2D eigenvalue weighted by Crippen LogP contribution is -2.47. The molecule has 6 heteroatoms. The smallest absolute Gasteiger partial charge is 0.254 e. The van der Waals surface area contributed by atoms with Crippen LogP contribution in [0.5, 0.6) is 11.5 Å². The first-order valence-corrected chi connectivity index (χ1v) is 8.62. The van der Waals surface area contributed by atoms with E-state index in [1.807, 2.05) is 40.7 Å². The number of fused-ring (bicyclic) bond motifs is 1. The Morgan fingerprint density at radius 2 is 2.04 bits per heavy atom. The van der Waals surface area contributed by atoms with E-state index in [1.54, 1.807) is 13.2 Å². The first kappa shape index (κ1) is 19.1. The van der Waals surface area contributed by atoms with Gasteiger partial charge in [-0.15, -0.1) is 0 Å². The monoisotopic (exact) mass is 348 g/mol. The second-order valence-corrected chi connectivity index (χ2v) is 7.42. The Labute approximate surface area is 149 Å². The highest BCUT2D eigenvalue weighted by atomic mass is 16.5. The van der Waals surface area contributed by atoms with Crippen LogP contribution in [-0.2, 0) is 11.2 Å². The molecular formula is C19H28N2O4. The summed E-state index contributed by atoms with van der Waals surface area (Å²) in [5.74, 6) is 0.903. The summed E-state index contributed by atoms with van der Waals surface area (Å²) in [6.07, 6.45) is 0.804. The Balaban J connectivity index is 2.21. The third-order valence-electron chi connectivity index (χ3n) is 3.94. The molecule has 1 aromatic carbocycles. The van der Waals surface area contributed by atoms with Gasteiger partial charge in [0.25, 0.3) is 5.91 Å². The Kier molecular flexibility index (Phi) is 5.60. The molecule has 1 aromatic rings. The van der Waals surface area contributed by atoms with Crippen LogP contribution in [0.1, 0.15) is 50.5 Å². The molecule has 0 saturated heterocycles. The Morgan fingerprint density at radius 3 is 2.60 bits per heavy atom. The number of ether oxygens (including phenoxy) is 2. The van der Waals surface area contributed by atoms with E-state index in [1.165, 1.54) is 4.90 Å². The van der Waals surface area contributed by atoms with Crippen molar-refractivity contribution in [2.45, 2.75) is 52.7 Å². The van der Waals surface area contributed by atoms with Crippen LogP contribution in [0.2, 0.25) is 0 Å². The Hall–Kier alpha value is -2.24. The number of rotatable bonds is 5. The first-order valence-electron chi connectivity index (χ1n) is 8.62. The summed E-state index contributed by atoms with van der Waals surface area (Å²) in [7, 11) is 1.56. The van der Waals surface area contributed by atoms with Gasteiger partial charge in [0, 0.05) is 29.6 Å². The average Bonchev–Trinajstić information content (AvgIpc) is 2.89. The molecular weight excluding hydrogens is 320 g/mol. The van der Waals surface area contributed by atoms with E-state index in [0.29, 0.717) is 23.6 Å². The first-order chi connectivity index (χ1) is 11.6. The summed E-state index contributed by atoms with van der Waals surface area (Å²) in [6, 6.07) is 3.53. The highest BCUT2D eigenvalue weighted by Gasteiger charge is 2.27. The lowest BCUT2D eigenvalue weighted by molar-refractivity contribution is -0.123. The normalized spacial score (nSPS) is 16.0. The van der Waals surface area contributed by atoms with Gasteiger partial charge in [-0.2, -0.15) is 0 Å². The Bertz CT molecular complexity index is 664. The molecule has 1 aliphatic heterocycles. The fraction of sp³-hybridized carbons (Fsp3) is 0.579. The summed E-state index contributed by atoms with van der Waals surface area (Å²) < 4.78 is 11.1. The van der Waals surface area contributed by atoms with Crippen LogP contribution in [0.3, 0.4) is 0 Å². The van der Waals surface area contributed by atoms with Crippen molar-refractivity contribution in [3.63, 3.8) is 0 Å². The molecule has 1 heterocycles. The van der Waals surface area contributed by atoms with Crippen molar-refractivity contribution < 1.29 is 19.1 Å². The molecule has 6 nitrogen and oxygen atoms in total. The number of hydrogen-bond acceptors (Lipinski definition) is 4. The van der Waals surface area contributed by atoms with Gasteiger partial charge in [0.05, 0.1) is 13.7 Å². The molecule has 0 bridgehead atoms. The van der Waals surface area contributed by atoms with Crippen molar-refractivity contribution in [2.75, 3.05) is 20.2 Å². The number of nitrogens with one attached hydrogen (secondary N) is 1. The van der Waals surface area contributed by atoms with Crippen molar-refractivity contribution in [3.05, 3.63) is 23.3 Å². The topological polar surface area (TPSA) is 67.9 Å². The van der Waals surface area contributed by atoms with Gasteiger partial charge in [-0.1, -0.05) is 0 Å². The van der Waals surface area contributed by atoms with Crippen molar-refractivity contribution in [2.24, 2.45) is 0 Å². The van der Waals surface area contributed by atoms with Gasteiger partial charge in [0.15, 0.2) is 11.5 Å². The standard InChI is InChI=1S/C19H28N2O4/c1-7-21(11-16(22)20-19(3,4)5)18(23)14-9-13-8-12(2)25-17(13)15(10-14)24-6/h9-10,12H,7-8,11H2,1-6H3,(H,20,22). The minimum Gasteiger partial charge on any atom is -0.493 e. The average molecular weight is 348 g/mol. The van der Waals surface area contributed by atoms with Crippen molar-refractivity contribution in [3.8, 4) is 11.5 Å². The zero-order chi connectivity index (χ0) is 18.8. The molecule has 0 saturated carbocycles. The van der Waals surface area contributed by atoms with Crippen LogP contribution >= 0.6 is 0 Å². The highest BCUT2D eigenvalue weighted by Crippen LogP contribution is 2.39. The number of benzene rings is 1. The molecule has 1 atom stereocenters. The van der Waals surface area contributed by atoms with Crippen LogP contribution in [0, 0.1) is 0 Å². The number of nitrogens with zero attached hydrogens (tertiary/aromatic N) is 1. The fourth-order valence-electron chi connectivity index (χ4n) is 2.91. The van der Waals surface area contributed by atoms with E-state index in [0.717, 1.165) is 12.0 Å². The lowest BCUT2D eigenvalue weighted by atomic mass is 10.0. The number of amides is 2. The van der Waals surface area contributed by atoms with Crippen LogP contribution in [0.15, 0.2) is 12.1 Å². The van der Waals surface area contributed by atoms with Gasteiger partial charge in [-0.05, 0) is 46.8 Å². The molecule has 2 amide bonds. The van der Waals surface area contributed by atoms with Crippen LogP contribution < -0.4 is 14.8 Å². The van der Waals surface area contributed by atoms with E-state index < -0.39 is 0 Å². The van der Waals surface area contributed by atoms with Crippen molar-refractivity contribution >= 4 is 11.8 Å². The SMILES string of the molecule is CCN(CC(=O)NC(C)(C)C)C(=O)c1cc2c(c(OC)c1)OC(C)C2. The number of hydrogen-bond donors (Lipinski definition) is 1. The minimum atomic E-state index is -0.330. The van der Waals surface area contributed by atoms with E-state index in [2.05, 4.69) is 5.32 Å². The molecule has 0 aliphatic carbocycles. The van der Waals surface area contributed by atoms with Gasteiger partial charge < -0.3 is 19.7 Å². The third-order valence-corrected chi connectivity index (χ3v) is 3.94. The summed E-state index contributed by atoms with van der Waals surface area (Å²) in [5.41, 5.74) is 1.15. The summed E-state index contributed by atoms with van der Waals surface area (Å²) in [4.78, 5) is 26.6. The predicted octanol–water partition coefficient (Wildman–Crippen LogP) is 2.40. The molecule has 138 valence electrons. The maximum absolute atomic E-state index is 12.9. The number of methoxy groups -OCH3 is 1. The van der Waals surface area contributed by atoms with E-state index >= 15 is 0 Å². The highest BCUT2D eigenvalue weighted by molar-refractivity contribution is 5.97. The molecule has 0 aromatic heterocycles. The quantitative estimate of drug-likeness (QED) is 0.887. The van der Waals surface area contributed by atoms with E-state index in [-0.39, 0.29) is 30.0 Å². The van der Waals surface area contributed by atoms with Crippen LogP contribution in [0.25, 0.3) is 0 Å². The maximum Gasteiger partial charge on any atom is 0.254 e. The largest absolute Gasteiger partial charge is 0.493 e. The molecule has 25 heavy (non-hydrogen) atoms. The molecule has 2 rings (SSSR count). The summed E-state index contributed by atoms with van der Waals surface area (Å²) in [6.45, 7) is 10.1. The number of likely N-dealkylation sites (N-methyl/N-ethyl adjacent to an activating group) is 1. The Morgan fingerprint density at radius 1 is 1.36 bits per heavy atom. The molecule has 0 radical (unpaired) electrons. The maximum atomic E-state index is 12.9. The van der Waals surface area contributed by atoms with Gasteiger partial charge >= 0.3 is 0 Å². The molecule has 0 spiro atoms. The van der Waals surface area contributed by atoms with Gasteiger partial charge in [-0.3, -0.25) is 9.59 Å². The van der Waals surface area contributed by atoms with Crippen LogP contribution in [-0.4, -0.2) is 48.6 Å². The van der Waals surface area contributed by atoms with Crippen LogP contribution in [0.4, 0.5) is 0 Å². The summed E-state index contributed by atoms with van der Waals surface area (Å²) >= 11 is 0. The third kappa shape index (κ3) is 4.65. The second-order valence-electron chi connectivity index (χ2n) is 7.42. The summed E-state index contributed by atoms with van der Waals surface area (Å²) in [5, 5.41) is 2.88. The molecule has 1 aliphatic rings. The number of carbonyl (C=O) groups excluding carboxylic acids is 2. The van der Waals surface area contributed by atoms with Crippen molar-refractivity contribution in [1.82, 2.24) is 10.2 Å². The van der Waals surface area contributed by atoms with E-state index in [4.69, 9.17) is 9.47 Å². The van der Waals surface area contributed by atoms with E-state index in [9.17, 15) is 9.59 Å². The van der Waals surface area contributed by atoms with Gasteiger partial charge in [0.1, 0.15) is 6.10 Å². The molecule has 0 fully saturated rings. The fourth-order valence-corrected chi connectivity index (χ4v) is 2.91. The lowest BCUT2D eigenvalue weighted by Gasteiger charge is -2.25.